The lowest BCUT2D eigenvalue weighted by atomic mass is 9.32. The van der Waals surface area contributed by atoms with Crippen LogP contribution in [0, 0.1) is 50.2 Å². The second-order valence-electron chi connectivity index (χ2n) is 20.4. The minimum atomic E-state index is -2.04. The third-order valence-electron chi connectivity index (χ3n) is 17.4. The van der Waals surface area contributed by atoms with Gasteiger partial charge in [-0.25, -0.2) is 9.59 Å². The van der Waals surface area contributed by atoms with Gasteiger partial charge in [0.05, 0.1) is 11.5 Å². The molecule has 16 heteroatoms. The predicted octanol–water partition coefficient (Wildman–Crippen LogP) is 2.04. The molecular weight excluding hydrogens is 760 g/mol. The Morgan fingerprint density at radius 2 is 1.26 bits per heavy atom. The van der Waals surface area contributed by atoms with Gasteiger partial charge in [0, 0.05) is 12.0 Å². The first-order valence-corrected chi connectivity index (χ1v) is 21.0. The maximum Gasteiger partial charge on any atom is 0.335 e. The van der Waals surface area contributed by atoms with E-state index in [1.54, 1.807) is 0 Å². The Morgan fingerprint density at radius 1 is 0.655 bits per heavy atom. The predicted molar refractivity (Wildman–Crippen MR) is 200 cm³/mol. The monoisotopic (exact) mass is 824 g/mol. The number of carbonyl (C=O) groups is 3. The lowest BCUT2D eigenvalue weighted by Gasteiger charge is -2.73. The molecule has 328 valence electrons. The molecule has 19 unspecified atom stereocenters. The van der Waals surface area contributed by atoms with Crippen LogP contribution in [0.15, 0.2) is 11.6 Å². The van der Waals surface area contributed by atoms with Crippen molar-refractivity contribution in [3.05, 3.63) is 11.6 Å². The topological polar surface area (TPSA) is 270 Å². The number of rotatable bonds is 8. The van der Waals surface area contributed by atoms with Crippen molar-refractivity contribution in [3.63, 3.8) is 0 Å². The molecule has 0 aromatic heterocycles. The Morgan fingerprint density at radius 3 is 1.86 bits per heavy atom. The van der Waals surface area contributed by atoms with Crippen LogP contribution in [0.1, 0.15) is 106 Å². The third kappa shape index (κ3) is 6.33. The van der Waals surface area contributed by atoms with Gasteiger partial charge in [0.2, 0.25) is 0 Å². The zero-order chi connectivity index (χ0) is 42.7. The molecule has 5 aliphatic carbocycles. The Labute approximate surface area is 338 Å². The average molecular weight is 825 g/mol. The number of hydrogen-bond donors (Lipinski definition) is 9. The first kappa shape index (κ1) is 43.8. The van der Waals surface area contributed by atoms with Crippen LogP contribution in [0.3, 0.4) is 0 Å². The number of aliphatic hydroxyl groups is 6. The van der Waals surface area contributed by atoms with E-state index in [0.29, 0.717) is 19.3 Å². The second kappa shape index (κ2) is 14.7. The van der Waals surface area contributed by atoms with Crippen molar-refractivity contribution in [2.45, 2.75) is 173 Å². The molecule has 7 rings (SSSR count). The van der Waals surface area contributed by atoms with Gasteiger partial charge in [-0.3, -0.25) is 4.79 Å². The van der Waals surface area contributed by atoms with Crippen LogP contribution in [0.2, 0.25) is 0 Å². The maximum absolute atomic E-state index is 12.5. The van der Waals surface area contributed by atoms with Crippen LogP contribution in [0.5, 0.6) is 0 Å². The van der Waals surface area contributed by atoms with Crippen LogP contribution in [0.4, 0.5) is 0 Å². The molecule has 0 spiro atoms. The summed E-state index contributed by atoms with van der Waals surface area (Å²) in [6.45, 7) is 12.9. The lowest BCUT2D eigenvalue weighted by Crippen LogP contribution is -2.68. The van der Waals surface area contributed by atoms with E-state index >= 15 is 0 Å². The maximum atomic E-state index is 12.5. The fraction of sp³-hybridized carbons (Fsp3) is 0.881. The summed E-state index contributed by atoms with van der Waals surface area (Å²) in [6.07, 6.45) is -10.3. The highest BCUT2D eigenvalue weighted by molar-refractivity contribution is 5.77. The van der Waals surface area contributed by atoms with Gasteiger partial charge < -0.3 is 64.9 Å². The molecule has 0 radical (unpaired) electrons. The molecule has 2 heterocycles. The number of ether oxygens (including phenoxy) is 4. The molecule has 6 fully saturated rings. The summed E-state index contributed by atoms with van der Waals surface area (Å²) in [6, 6.07) is 0. The van der Waals surface area contributed by atoms with Gasteiger partial charge in [0.15, 0.2) is 24.8 Å². The van der Waals surface area contributed by atoms with Crippen LogP contribution in [-0.2, 0) is 33.3 Å². The van der Waals surface area contributed by atoms with Crippen molar-refractivity contribution >= 4 is 17.9 Å². The number of aliphatic carboxylic acids is 3. The van der Waals surface area contributed by atoms with Gasteiger partial charge >= 0.3 is 17.9 Å². The van der Waals surface area contributed by atoms with Crippen LogP contribution < -0.4 is 0 Å². The highest BCUT2D eigenvalue weighted by atomic mass is 16.8. The minimum absolute atomic E-state index is 0.0438. The smallest absolute Gasteiger partial charge is 0.335 e. The summed E-state index contributed by atoms with van der Waals surface area (Å²) in [4.78, 5) is 36.5. The highest BCUT2D eigenvalue weighted by Crippen LogP contribution is 2.76. The van der Waals surface area contributed by atoms with Crippen molar-refractivity contribution in [2.75, 3.05) is 6.61 Å². The fourth-order valence-electron chi connectivity index (χ4n) is 13.6. The number of carboxylic acid groups (broad SMARTS) is 3. The summed E-state index contributed by atoms with van der Waals surface area (Å²) in [5.41, 5.74) is -1.15. The molecule has 7 aliphatic rings. The molecule has 58 heavy (non-hydrogen) atoms. The van der Waals surface area contributed by atoms with Gasteiger partial charge in [-0.1, -0.05) is 46.3 Å². The highest BCUT2D eigenvalue weighted by Gasteiger charge is 2.70. The fourth-order valence-corrected chi connectivity index (χ4v) is 13.6. The van der Waals surface area contributed by atoms with Crippen molar-refractivity contribution in [2.24, 2.45) is 50.2 Å². The Bertz CT molecular complexity index is 1670. The molecule has 0 aromatic carbocycles. The summed E-state index contributed by atoms with van der Waals surface area (Å²) in [7, 11) is 0. The Kier molecular flexibility index (Phi) is 11.1. The van der Waals surface area contributed by atoms with Crippen molar-refractivity contribution in [1.29, 1.82) is 0 Å². The second-order valence-corrected chi connectivity index (χ2v) is 20.4. The normalized spacial score (nSPS) is 52.5. The van der Waals surface area contributed by atoms with E-state index in [4.69, 9.17) is 18.9 Å². The van der Waals surface area contributed by atoms with Crippen molar-refractivity contribution in [1.82, 2.24) is 0 Å². The quantitative estimate of drug-likeness (QED) is 0.125. The molecule has 0 bridgehead atoms. The summed E-state index contributed by atoms with van der Waals surface area (Å²) < 4.78 is 23.4. The van der Waals surface area contributed by atoms with Gasteiger partial charge in [-0.05, 0) is 111 Å². The molecule has 9 N–H and O–H groups in total. The molecular formula is C42H64O16. The van der Waals surface area contributed by atoms with Crippen molar-refractivity contribution in [3.8, 4) is 0 Å². The third-order valence-corrected chi connectivity index (χ3v) is 17.4. The first-order valence-electron chi connectivity index (χ1n) is 21.0. The van der Waals surface area contributed by atoms with E-state index in [0.717, 1.165) is 44.9 Å². The Balaban J connectivity index is 1.16. The molecule has 4 saturated carbocycles. The van der Waals surface area contributed by atoms with E-state index in [-0.39, 0.29) is 40.6 Å². The van der Waals surface area contributed by atoms with Crippen LogP contribution in [-0.4, -0.2) is 138 Å². The van der Waals surface area contributed by atoms with Crippen molar-refractivity contribution < 1.29 is 79.3 Å². The van der Waals surface area contributed by atoms with E-state index in [1.165, 1.54) is 5.57 Å². The Hall–Kier alpha value is -2.25. The van der Waals surface area contributed by atoms with Crippen LogP contribution >= 0.6 is 0 Å². The molecule has 2 saturated heterocycles. The summed E-state index contributed by atoms with van der Waals surface area (Å²) in [5.74, 6) is -3.77. The van der Waals surface area contributed by atoms with Gasteiger partial charge in [0.1, 0.15) is 36.6 Å². The van der Waals surface area contributed by atoms with E-state index in [9.17, 15) is 60.3 Å². The van der Waals surface area contributed by atoms with Gasteiger partial charge in [0.25, 0.3) is 0 Å². The zero-order valence-corrected chi connectivity index (χ0v) is 34.3. The molecule has 2 aliphatic heterocycles. The zero-order valence-electron chi connectivity index (χ0n) is 34.3. The number of allylic oxidation sites excluding steroid dienone is 1. The molecule has 0 amide bonds. The number of aliphatic hydroxyl groups excluding tert-OH is 6. The van der Waals surface area contributed by atoms with E-state index in [2.05, 4.69) is 26.8 Å². The largest absolute Gasteiger partial charge is 0.481 e. The van der Waals surface area contributed by atoms with Gasteiger partial charge in [-0.2, -0.15) is 0 Å². The summed E-state index contributed by atoms with van der Waals surface area (Å²) in [5, 5.41) is 94.7. The van der Waals surface area contributed by atoms with Gasteiger partial charge in [-0.15, -0.1) is 0 Å². The molecule has 16 nitrogen and oxygen atoms in total. The number of hydrogen-bond acceptors (Lipinski definition) is 13. The number of carboxylic acids is 3. The number of fused-ring (bicyclic) bond motifs is 7. The standard InChI is InChI=1S/C42H64O16/c1-37(2)21-9-11-41(6)22(8-7-19-20-17-39(4,36(53)54)14-13-38(20,3)15-16-40(19,41)5)42(21,18-43)12-10-23(37)55-35-31(27(47)26(46)30(57-35)33(51)52)58-34-28(48)24(44)25(45)29(56-34)32(49)50/h17,19,21-31,34-35,43-48H,7-16,18H2,1-6H3,(H,49,50)(H,51,52)(H,53,54). The minimum Gasteiger partial charge on any atom is -0.481 e. The molecule has 0 aromatic rings. The van der Waals surface area contributed by atoms with Crippen LogP contribution in [0.25, 0.3) is 0 Å². The SMILES string of the molecule is CC1(C(=O)O)C=C2C3CCC4C5(CO)CCC(OC6OC(C(=O)O)C(O)C(O)C6OC6OC(C(=O)O)C(O)C(O)C6O)C(C)(C)C5CCC4(C)C3(C)CCC2(C)CC1. The van der Waals surface area contributed by atoms with E-state index < -0.39 is 102 Å². The molecule has 19 atom stereocenters. The summed E-state index contributed by atoms with van der Waals surface area (Å²) >= 11 is 0. The first-order chi connectivity index (χ1) is 26.9. The lowest BCUT2D eigenvalue weighted by molar-refractivity contribution is -0.372. The average Bonchev–Trinajstić information content (AvgIpc) is 3.15. The van der Waals surface area contributed by atoms with E-state index in [1.807, 2.05) is 20.8 Å².